The van der Waals surface area contributed by atoms with E-state index >= 15 is 0 Å². The number of hydrogen-bond acceptors (Lipinski definition) is 2. The number of halogens is 1. The third-order valence-electron chi connectivity index (χ3n) is 1.23. The number of carbonyl (C=O) groups excluding carboxylic acids is 1. The maximum atomic E-state index is 10.9. The number of ether oxygens (including phenoxy) is 1. The average Bonchev–Trinajstić information content (AvgIpc) is 1.87. The summed E-state index contributed by atoms with van der Waals surface area (Å²) in [5, 5.41) is -0.0912. The quantitative estimate of drug-likeness (QED) is 0.529. The molecule has 0 aromatic heterocycles. The number of esters is 1. The summed E-state index contributed by atoms with van der Waals surface area (Å²) < 4.78 is 5.01. The minimum atomic E-state index is -0.108. The molecular weight excluding hydrogens is 208 g/mol. The van der Waals surface area contributed by atoms with Crippen molar-refractivity contribution in [2.75, 3.05) is 0 Å². The molecule has 11 heavy (non-hydrogen) atoms. The van der Waals surface area contributed by atoms with Crippen molar-refractivity contribution in [1.29, 1.82) is 0 Å². The molecule has 0 amide bonds. The number of hydrogen-bond donors (Lipinski definition) is 0. The molecule has 0 radical (unpaired) electrons. The van der Waals surface area contributed by atoms with Crippen LogP contribution in [0.1, 0.15) is 39.5 Å². The molecule has 0 rings (SSSR count). The third kappa shape index (κ3) is 6.35. The molecule has 0 bridgehead atoms. The van der Waals surface area contributed by atoms with Gasteiger partial charge in [-0.05, 0) is 28.8 Å². The van der Waals surface area contributed by atoms with E-state index < -0.39 is 0 Å². The monoisotopic (exact) mass is 222 g/mol. The molecule has 0 fully saturated rings. The van der Waals surface area contributed by atoms with Gasteiger partial charge in [-0.2, -0.15) is 0 Å². The summed E-state index contributed by atoms with van der Waals surface area (Å²) in [6, 6.07) is 0. The van der Waals surface area contributed by atoms with Crippen LogP contribution in [-0.4, -0.2) is 11.0 Å². The van der Waals surface area contributed by atoms with Gasteiger partial charge in [-0.25, -0.2) is 0 Å². The molecular formula is C8H15BrO2. The van der Waals surface area contributed by atoms with Crippen LogP contribution in [0.5, 0.6) is 0 Å². The molecule has 2 nitrogen and oxygen atoms in total. The molecule has 0 aliphatic rings. The van der Waals surface area contributed by atoms with Gasteiger partial charge in [0.2, 0.25) is 0 Å². The van der Waals surface area contributed by atoms with Gasteiger partial charge in [0.1, 0.15) is 0 Å². The van der Waals surface area contributed by atoms with Crippen LogP contribution in [0, 0.1) is 0 Å². The first kappa shape index (κ1) is 11.0. The molecule has 1 unspecified atom stereocenters. The molecule has 0 aliphatic heterocycles. The first-order chi connectivity index (χ1) is 5.20. The first-order valence-electron chi connectivity index (χ1n) is 4.04. The maximum Gasteiger partial charge on any atom is 0.306 e. The summed E-state index contributed by atoms with van der Waals surface area (Å²) in [4.78, 5) is 10.9. The Balaban J connectivity index is 3.40. The highest BCUT2D eigenvalue weighted by molar-refractivity contribution is 9.09. The van der Waals surface area contributed by atoms with Crippen LogP contribution in [-0.2, 0) is 9.53 Å². The van der Waals surface area contributed by atoms with E-state index in [1.807, 2.05) is 6.92 Å². The average molecular weight is 223 g/mol. The van der Waals surface area contributed by atoms with Crippen LogP contribution in [0.4, 0.5) is 0 Å². The lowest BCUT2D eigenvalue weighted by molar-refractivity contribution is -0.145. The zero-order valence-corrected chi connectivity index (χ0v) is 8.69. The number of alkyl halides is 1. The van der Waals surface area contributed by atoms with Crippen molar-refractivity contribution in [2.24, 2.45) is 0 Å². The standard InChI is InChI=1S/C8H15BrO2/c1-3-5-7(9)11-8(10)6-4-2/h7H,3-6H2,1-2H3. The van der Waals surface area contributed by atoms with Crippen molar-refractivity contribution >= 4 is 21.9 Å². The van der Waals surface area contributed by atoms with Crippen LogP contribution in [0.15, 0.2) is 0 Å². The summed E-state index contributed by atoms with van der Waals surface area (Å²) in [7, 11) is 0. The molecule has 0 saturated carbocycles. The highest BCUT2D eigenvalue weighted by atomic mass is 79.9. The highest BCUT2D eigenvalue weighted by Crippen LogP contribution is 2.10. The Morgan fingerprint density at radius 3 is 2.55 bits per heavy atom. The van der Waals surface area contributed by atoms with Crippen LogP contribution in [0.3, 0.4) is 0 Å². The summed E-state index contributed by atoms with van der Waals surface area (Å²) in [5.74, 6) is -0.108. The van der Waals surface area contributed by atoms with E-state index in [1.54, 1.807) is 0 Å². The largest absolute Gasteiger partial charge is 0.451 e. The zero-order valence-electron chi connectivity index (χ0n) is 7.10. The predicted molar refractivity (Wildman–Crippen MR) is 48.6 cm³/mol. The van der Waals surface area contributed by atoms with Crippen molar-refractivity contribution in [1.82, 2.24) is 0 Å². The van der Waals surface area contributed by atoms with Crippen LogP contribution in [0.2, 0.25) is 0 Å². The molecule has 0 saturated heterocycles. The van der Waals surface area contributed by atoms with Gasteiger partial charge in [-0.1, -0.05) is 20.3 Å². The molecule has 0 aromatic carbocycles. The fourth-order valence-corrected chi connectivity index (χ4v) is 1.36. The van der Waals surface area contributed by atoms with Gasteiger partial charge in [-0.15, -0.1) is 0 Å². The fraction of sp³-hybridized carbons (Fsp3) is 0.875. The molecule has 0 aromatic rings. The topological polar surface area (TPSA) is 26.3 Å². The molecule has 0 spiro atoms. The molecule has 0 N–H and O–H groups in total. The van der Waals surface area contributed by atoms with Crippen molar-refractivity contribution < 1.29 is 9.53 Å². The Labute approximate surface area is 76.4 Å². The van der Waals surface area contributed by atoms with Gasteiger partial charge >= 0.3 is 5.97 Å². The van der Waals surface area contributed by atoms with Crippen LogP contribution >= 0.6 is 15.9 Å². The first-order valence-corrected chi connectivity index (χ1v) is 4.95. The van der Waals surface area contributed by atoms with Gasteiger partial charge in [0.25, 0.3) is 0 Å². The van der Waals surface area contributed by atoms with Crippen molar-refractivity contribution in [3.05, 3.63) is 0 Å². The Hall–Kier alpha value is -0.0500. The van der Waals surface area contributed by atoms with Crippen molar-refractivity contribution in [3.8, 4) is 0 Å². The van der Waals surface area contributed by atoms with Gasteiger partial charge < -0.3 is 4.74 Å². The Bertz CT molecular complexity index is 115. The second-order valence-corrected chi connectivity index (χ2v) is 3.46. The smallest absolute Gasteiger partial charge is 0.306 e. The Kier molecular flexibility index (Phi) is 6.62. The fourth-order valence-electron chi connectivity index (χ4n) is 0.692. The van der Waals surface area contributed by atoms with E-state index in [4.69, 9.17) is 4.74 Å². The minimum absolute atomic E-state index is 0.0912. The second-order valence-electron chi connectivity index (χ2n) is 2.44. The van der Waals surface area contributed by atoms with E-state index in [2.05, 4.69) is 22.9 Å². The Morgan fingerprint density at radius 2 is 2.09 bits per heavy atom. The molecule has 1 atom stereocenters. The second kappa shape index (κ2) is 6.65. The van der Waals surface area contributed by atoms with E-state index in [1.165, 1.54) is 0 Å². The van der Waals surface area contributed by atoms with Crippen molar-refractivity contribution in [2.45, 2.75) is 44.5 Å². The Morgan fingerprint density at radius 1 is 1.45 bits per heavy atom. The summed E-state index contributed by atoms with van der Waals surface area (Å²) >= 11 is 3.27. The lowest BCUT2D eigenvalue weighted by Crippen LogP contribution is -2.11. The van der Waals surface area contributed by atoms with E-state index in [9.17, 15) is 4.79 Å². The van der Waals surface area contributed by atoms with Gasteiger partial charge in [0.15, 0.2) is 5.01 Å². The predicted octanol–water partition coefficient (Wildman–Crippen LogP) is 2.85. The molecule has 0 aliphatic carbocycles. The van der Waals surface area contributed by atoms with E-state index in [0.29, 0.717) is 6.42 Å². The molecule has 0 heterocycles. The minimum Gasteiger partial charge on any atom is -0.451 e. The lowest BCUT2D eigenvalue weighted by atomic mass is 10.3. The van der Waals surface area contributed by atoms with Crippen LogP contribution < -0.4 is 0 Å². The van der Waals surface area contributed by atoms with Crippen molar-refractivity contribution in [3.63, 3.8) is 0 Å². The van der Waals surface area contributed by atoms with Gasteiger partial charge in [0, 0.05) is 6.42 Å². The highest BCUT2D eigenvalue weighted by Gasteiger charge is 2.07. The zero-order chi connectivity index (χ0) is 8.69. The summed E-state index contributed by atoms with van der Waals surface area (Å²) in [6.45, 7) is 4.02. The normalized spacial score (nSPS) is 12.6. The van der Waals surface area contributed by atoms with Gasteiger partial charge in [-0.3, -0.25) is 4.79 Å². The molecule has 3 heteroatoms. The third-order valence-corrected chi connectivity index (χ3v) is 1.87. The summed E-state index contributed by atoms with van der Waals surface area (Å²) in [5.41, 5.74) is 0. The van der Waals surface area contributed by atoms with Crippen LogP contribution in [0.25, 0.3) is 0 Å². The van der Waals surface area contributed by atoms with E-state index in [-0.39, 0.29) is 11.0 Å². The number of rotatable bonds is 5. The SMILES string of the molecule is CCCC(=O)OC(Br)CCC. The lowest BCUT2D eigenvalue weighted by Gasteiger charge is -2.09. The van der Waals surface area contributed by atoms with Gasteiger partial charge in [0.05, 0.1) is 0 Å². The molecule has 66 valence electrons. The number of carbonyl (C=O) groups is 1. The van der Waals surface area contributed by atoms with E-state index in [0.717, 1.165) is 19.3 Å². The maximum absolute atomic E-state index is 10.9. The summed E-state index contributed by atoms with van der Waals surface area (Å²) in [6.07, 6.45) is 3.28.